The van der Waals surface area contributed by atoms with Crippen LogP contribution in [0.5, 0.6) is 5.75 Å². The van der Waals surface area contributed by atoms with Gasteiger partial charge >= 0.3 is 226 Å². The molecule has 0 saturated carbocycles. The molecule has 3 aromatic rings. The first-order valence-electron chi connectivity index (χ1n) is 12.8. The van der Waals surface area contributed by atoms with E-state index in [-0.39, 0.29) is 16.1 Å². The normalized spacial score (nSPS) is 14.3. The summed E-state index contributed by atoms with van der Waals surface area (Å²) in [5.41, 5.74) is -0.430. The molecule has 0 N–H and O–H groups in total. The van der Waals surface area contributed by atoms with Gasteiger partial charge in [-0.15, -0.1) is 0 Å². The third-order valence-electron chi connectivity index (χ3n) is 6.72. The molecule has 4 rings (SSSR count). The van der Waals surface area contributed by atoms with Crippen molar-refractivity contribution in [2.45, 2.75) is 43.4 Å². The predicted octanol–water partition coefficient (Wildman–Crippen LogP) is 5.62. The van der Waals surface area contributed by atoms with Gasteiger partial charge in [-0.3, -0.25) is 0 Å². The summed E-state index contributed by atoms with van der Waals surface area (Å²) in [6, 6.07) is 19.2. The second kappa shape index (κ2) is 12.7. The van der Waals surface area contributed by atoms with E-state index in [4.69, 9.17) is 0 Å². The molecule has 0 bridgehead atoms. The summed E-state index contributed by atoms with van der Waals surface area (Å²) in [6.45, 7) is 3.61. The molecule has 6 nitrogen and oxygen atoms in total. The molecule has 1 atom stereocenters. The van der Waals surface area contributed by atoms with Crippen molar-refractivity contribution < 1.29 is 35.4 Å². The zero-order chi connectivity index (χ0) is 28.9. The van der Waals surface area contributed by atoms with Crippen LogP contribution < -0.4 is 4.18 Å². The quantitative estimate of drug-likeness (QED) is 0.0896. The number of Topliss-reactive ketones (excluding diaryl/α,β-unsaturated/α-hetero) is 1. The van der Waals surface area contributed by atoms with Crippen LogP contribution in [0.3, 0.4) is 0 Å². The molecule has 1 heterocycles. The summed E-state index contributed by atoms with van der Waals surface area (Å²) in [4.78, 5) is 26.3. The molecule has 0 aromatic heterocycles. The Hall–Kier alpha value is -2.94. The van der Waals surface area contributed by atoms with E-state index in [0.29, 0.717) is 24.1 Å². The van der Waals surface area contributed by atoms with Gasteiger partial charge in [0.05, 0.1) is 0 Å². The number of halogens is 3. The van der Waals surface area contributed by atoms with Crippen molar-refractivity contribution in [2.24, 2.45) is 0 Å². The van der Waals surface area contributed by atoms with E-state index in [1.54, 1.807) is 18.2 Å². The van der Waals surface area contributed by atoms with E-state index in [1.165, 1.54) is 19.1 Å². The van der Waals surface area contributed by atoms with Crippen molar-refractivity contribution in [1.29, 1.82) is 0 Å². The van der Waals surface area contributed by atoms with Crippen LogP contribution in [0, 0.1) is 0 Å². The molecule has 212 valence electrons. The van der Waals surface area contributed by atoms with Crippen LogP contribution in [0.15, 0.2) is 66.7 Å². The van der Waals surface area contributed by atoms with Gasteiger partial charge in [-0.2, -0.15) is 13.2 Å². The van der Waals surface area contributed by atoms with Gasteiger partial charge in [0.2, 0.25) is 0 Å². The van der Waals surface area contributed by atoms with Crippen molar-refractivity contribution >= 4 is 36.2 Å². The van der Waals surface area contributed by atoms with E-state index in [9.17, 15) is 31.2 Å². The average molecular weight is 636 g/mol. The zero-order valence-electron chi connectivity index (χ0n) is 21.8. The Kier molecular flexibility index (Phi) is 9.54. The first-order chi connectivity index (χ1) is 18.9. The fourth-order valence-electron chi connectivity index (χ4n) is 4.48. The Morgan fingerprint density at radius 1 is 0.900 bits per heavy atom. The summed E-state index contributed by atoms with van der Waals surface area (Å²) in [5.74, 6) is -0.328. The molecule has 0 aliphatic carbocycles. The summed E-state index contributed by atoms with van der Waals surface area (Å²) < 4.78 is 65.0. The molecule has 0 amide bonds. The molecule has 0 spiro atoms. The molecule has 0 saturated heterocycles. The third-order valence-corrected chi connectivity index (χ3v) is 10.2. The number of carbonyl (C=O) groups is 2. The maximum atomic E-state index is 12.7. The molecule has 1 aliphatic heterocycles. The van der Waals surface area contributed by atoms with Crippen molar-refractivity contribution in [3.63, 3.8) is 0 Å². The standard InChI is InChI=1S/C29H29AsF3NO5S/c1-20(35)21-4-6-22(7-5-21)23-8-10-25(11-9-23)28(36)30-15-2-3-16-34-17-14-24-12-13-27(18-26(24)19-34)39-40(37,38)29(31,32)33/h4-13,18,30H,2-3,14-17,19H2,1H3. The van der Waals surface area contributed by atoms with Gasteiger partial charge in [-0.25, -0.2) is 0 Å². The Balaban J connectivity index is 1.21. The van der Waals surface area contributed by atoms with Gasteiger partial charge < -0.3 is 0 Å². The molecule has 0 radical (unpaired) electrons. The Bertz CT molecular complexity index is 1470. The van der Waals surface area contributed by atoms with Gasteiger partial charge in [-0.1, -0.05) is 0 Å². The van der Waals surface area contributed by atoms with E-state index >= 15 is 0 Å². The number of unbranched alkanes of at least 4 members (excludes halogenated alkanes) is 1. The topological polar surface area (TPSA) is 80.8 Å². The molecule has 1 unspecified atom stereocenters. The minimum atomic E-state index is -5.71. The van der Waals surface area contributed by atoms with Crippen LogP contribution in [0.4, 0.5) is 13.2 Å². The Morgan fingerprint density at radius 3 is 2.12 bits per heavy atom. The summed E-state index contributed by atoms with van der Waals surface area (Å²) >= 11 is -0.805. The number of hydrogen-bond acceptors (Lipinski definition) is 6. The number of carbonyl (C=O) groups excluding carboxylic acids is 2. The summed E-state index contributed by atoms with van der Waals surface area (Å²) in [6.07, 6.45) is 2.51. The van der Waals surface area contributed by atoms with Crippen LogP contribution in [0.25, 0.3) is 11.1 Å². The van der Waals surface area contributed by atoms with Crippen LogP contribution in [0.1, 0.15) is 51.6 Å². The number of nitrogens with zero attached hydrogens (tertiary/aromatic N) is 1. The zero-order valence-corrected chi connectivity index (χ0v) is 24.7. The molecule has 11 heteroatoms. The number of hydrogen-bond donors (Lipinski definition) is 0. The average Bonchev–Trinajstić information content (AvgIpc) is 2.92. The summed E-state index contributed by atoms with van der Waals surface area (Å²) in [7, 11) is -5.71. The SMILES string of the molecule is CC(=O)c1ccc(-c2ccc(C(=O)[AsH]CCCCN3CCc4ccc(OS(=O)(=O)C(F)(F)F)cc4C3)cc2)cc1. The molecular weight excluding hydrogens is 606 g/mol. The summed E-state index contributed by atoms with van der Waals surface area (Å²) in [5, 5.41) is 0.866. The number of alkyl halides is 3. The van der Waals surface area contributed by atoms with E-state index in [0.717, 1.165) is 53.4 Å². The van der Waals surface area contributed by atoms with Crippen LogP contribution >= 0.6 is 0 Å². The minimum absolute atomic E-state index is 0.0183. The Labute approximate surface area is 238 Å². The first kappa shape index (κ1) is 30.0. The Morgan fingerprint density at radius 2 is 1.52 bits per heavy atom. The van der Waals surface area contributed by atoms with E-state index in [1.807, 2.05) is 36.4 Å². The number of benzene rings is 3. The molecule has 40 heavy (non-hydrogen) atoms. The van der Waals surface area contributed by atoms with Crippen molar-refractivity contribution in [2.75, 3.05) is 13.1 Å². The molecule has 3 aromatic carbocycles. The number of rotatable bonds is 11. The van der Waals surface area contributed by atoms with Crippen LogP contribution in [-0.4, -0.2) is 58.0 Å². The third kappa shape index (κ3) is 7.62. The number of fused-ring (bicyclic) bond motifs is 1. The van der Waals surface area contributed by atoms with E-state index in [2.05, 4.69) is 9.08 Å². The van der Waals surface area contributed by atoms with Gasteiger partial charge in [-0.05, 0) is 0 Å². The maximum absolute atomic E-state index is 12.7. The van der Waals surface area contributed by atoms with Gasteiger partial charge in [0, 0.05) is 0 Å². The molecule has 1 aliphatic rings. The van der Waals surface area contributed by atoms with Gasteiger partial charge in [0.1, 0.15) is 0 Å². The molecular formula is C29H29AsF3NO5S. The van der Waals surface area contributed by atoms with Crippen molar-refractivity contribution in [3.8, 4) is 16.9 Å². The molecule has 0 fully saturated rings. The monoisotopic (exact) mass is 635 g/mol. The van der Waals surface area contributed by atoms with Gasteiger partial charge in [0.25, 0.3) is 0 Å². The van der Waals surface area contributed by atoms with Crippen molar-refractivity contribution in [3.05, 3.63) is 89.0 Å². The fourth-order valence-corrected chi connectivity index (χ4v) is 7.09. The predicted molar refractivity (Wildman–Crippen MR) is 148 cm³/mol. The van der Waals surface area contributed by atoms with E-state index < -0.39 is 31.4 Å². The van der Waals surface area contributed by atoms with Crippen LogP contribution in [0.2, 0.25) is 5.21 Å². The fraction of sp³-hybridized carbons (Fsp3) is 0.310. The first-order valence-corrected chi connectivity index (χ1v) is 16.7. The van der Waals surface area contributed by atoms with Crippen molar-refractivity contribution in [1.82, 2.24) is 4.90 Å². The second-order valence-electron chi connectivity index (χ2n) is 9.61. The van der Waals surface area contributed by atoms with Gasteiger partial charge in [0.15, 0.2) is 0 Å². The van der Waals surface area contributed by atoms with Crippen LogP contribution in [-0.2, 0) is 23.1 Å². The second-order valence-corrected chi connectivity index (χ2v) is 13.9. The number of ketones is 1.